The van der Waals surface area contributed by atoms with Crippen molar-refractivity contribution in [2.24, 2.45) is 0 Å². The Balaban J connectivity index is 1.51. The molecule has 0 spiro atoms. The van der Waals surface area contributed by atoms with Gasteiger partial charge >= 0.3 is 12.0 Å². The summed E-state index contributed by atoms with van der Waals surface area (Å²) in [4.78, 5) is 49.6. The van der Waals surface area contributed by atoms with Crippen molar-refractivity contribution in [3.63, 3.8) is 0 Å². The average molecular weight is 409 g/mol. The lowest BCUT2D eigenvalue weighted by atomic mass is 10.1. The average Bonchev–Trinajstić information content (AvgIpc) is 3.14. The maximum absolute atomic E-state index is 12.2. The van der Waals surface area contributed by atoms with E-state index in [2.05, 4.69) is 10.6 Å². The Morgan fingerprint density at radius 1 is 1.10 bits per heavy atom. The van der Waals surface area contributed by atoms with Crippen LogP contribution in [0.25, 0.3) is 0 Å². The summed E-state index contributed by atoms with van der Waals surface area (Å²) in [6.45, 7) is 3.78. The van der Waals surface area contributed by atoms with Crippen LogP contribution >= 0.6 is 0 Å². The third-order valence-electron chi connectivity index (χ3n) is 4.68. The lowest BCUT2D eigenvalue weighted by Gasteiger charge is -2.16. The minimum Gasteiger partial charge on any atom is -0.452 e. The maximum atomic E-state index is 12.2. The van der Waals surface area contributed by atoms with E-state index in [0.717, 1.165) is 17.5 Å². The van der Waals surface area contributed by atoms with Crippen LogP contribution in [0.4, 0.5) is 16.2 Å². The van der Waals surface area contributed by atoms with Crippen LogP contribution in [0.1, 0.15) is 34.3 Å². The molecule has 2 aromatic carbocycles. The predicted molar refractivity (Wildman–Crippen MR) is 111 cm³/mol. The first-order valence-corrected chi connectivity index (χ1v) is 9.59. The molecule has 1 fully saturated rings. The first kappa shape index (κ1) is 21.0. The number of ether oxygens (including phenoxy) is 1. The van der Waals surface area contributed by atoms with Crippen LogP contribution in [0.15, 0.2) is 42.5 Å². The van der Waals surface area contributed by atoms with Gasteiger partial charge in [0.1, 0.15) is 0 Å². The molecule has 1 saturated heterocycles. The van der Waals surface area contributed by atoms with Gasteiger partial charge in [0, 0.05) is 24.3 Å². The SMILES string of the molecule is Cc1ccc(NC(=O)NC(=O)COC(=O)c2cccc(N3CCCC3=O)c2)c(C)c1. The first-order chi connectivity index (χ1) is 14.3. The molecule has 0 unspecified atom stereocenters. The Kier molecular flexibility index (Phi) is 6.46. The predicted octanol–water partition coefficient (Wildman–Crippen LogP) is 2.94. The van der Waals surface area contributed by atoms with Crippen molar-refractivity contribution in [2.45, 2.75) is 26.7 Å². The van der Waals surface area contributed by atoms with Gasteiger partial charge in [-0.3, -0.25) is 14.9 Å². The zero-order chi connectivity index (χ0) is 21.7. The molecular formula is C22H23N3O5. The van der Waals surface area contributed by atoms with Crippen LogP contribution in [0.2, 0.25) is 0 Å². The lowest BCUT2D eigenvalue weighted by molar-refractivity contribution is -0.123. The van der Waals surface area contributed by atoms with Gasteiger partial charge in [0.25, 0.3) is 5.91 Å². The molecular weight excluding hydrogens is 386 g/mol. The maximum Gasteiger partial charge on any atom is 0.338 e. The molecule has 8 nitrogen and oxygen atoms in total. The van der Waals surface area contributed by atoms with Crippen molar-refractivity contribution in [3.05, 3.63) is 59.2 Å². The number of esters is 1. The third-order valence-corrected chi connectivity index (χ3v) is 4.68. The molecule has 1 aliphatic heterocycles. The molecule has 30 heavy (non-hydrogen) atoms. The van der Waals surface area contributed by atoms with E-state index in [9.17, 15) is 19.2 Å². The highest BCUT2D eigenvalue weighted by molar-refractivity contribution is 6.03. The monoisotopic (exact) mass is 409 g/mol. The van der Waals surface area contributed by atoms with Gasteiger partial charge in [-0.05, 0) is 50.1 Å². The summed E-state index contributed by atoms with van der Waals surface area (Å²) >= 11 is 0. The second kappa shape index (κ2) is 9.21. The zero-order valence-corrected chi connectivity index (χ0v) is 16.9. The summed E-state index contributed by atoms with van der Waals surface area (Å²) in [6.07, 6.45) is 1.26. The van der Waals surface area contributed by atoms with Crippen LogP contribution in [-0.4, -0.2) is 37.0 Å². The van der Waals surface area contributed by atoms with Gasteiger partial charge in [-0.25, -0.2) is 9.59 Å². The number of nitrogens with one attached hydrogen (secondary N) is 2. The molecule has 1 heterocycles. The number of hydrogen-bond acceptors (Lipinski definition) is 5. The van der Waals surface area contributed by atoms with Crippen LogP contribution in [0, 0.1) is 13.8 Å². The van der Waals surface area contributed by atoms with Crippen LogP contribution in [0.5, 0.6) is 0 Å². The van der Waals surface area contributed by atoms with Gasteiger partial charge in [0.05, 0.1) is 5.56 Å². The Hall–Kier alpha value is -3.68. The van der Waals surface area contributed by atoms with Crippen molar-refractivity contribution in [1.29, 1.82) is 0 Å². The van der Waals surface area contributed by atoms with Gasteiger partial charge in [-0.1, -0.05) is 23.8 Å². The van der Waals surface area contributed by atoms with Crippen LogP contribution in [0.3, 0.4) is 0 Å². The molecule has 2 N–H and O–H groups in total. The fraction of sp³-hybridized carbons (Fsp3) is 0.273. The molecule has 0 atom stereocenters. The number of imide groups is 1. The smallest absolute Gasteiger partial charge is 0.338 e. The highest BCUT2D eigenvalue weighted by atomic mass is 16.5. The lowest BCUT2D eigenvalue weighted by Crippen LogP contribution is -2.37. The van der Waals surface area contributed by atoms with Crippen molar-refractivity contribution >= 4 is 35.2 Å². The molecule has 0 aromatic heterocycles. The molecule has 0 aliphatic carbocycles. The molecule has 0 bridgehead atoms. The second-order valence-corrected chi connectivity index (χ2v) is 7.10. The number of urea groups is 1. The van der Waals surface area contributed by atoms with Gasteiger partial charge in [-0.2, -0.15) is 0 Å². The van der Waals surface area contributed by atoms with E-state index in [-0.39, 0.29) is 11.5 Å². The Morgan fingerprint density at radius 3 is 2.60 bits per heavy atom. The molecule has 156 valence electrons. The first-order valence-electron chi connectivity index (χ1n) is 9.59. The molecule has 3 rings (SSSR count). The number of nitrogens with zero attached hydrogens (tertiary/aromatic N) is 1. The fourth-order valence-corrected chi connectivity index (χ4v) is 3.21. The quantitative estimate of drug-likeness (QED) is 0.739. The van der Waals surface area contributed by atoms with Gasteiger partial charge < -0.3 is 15.0 Å². The number of carbonyl (C=O) groups is 4. The van der Waals surface area contributed by atoms with Crippen molar-refractivity contribution < 1.29 is 23.9 Å². The minimum atomic E-state index is -0.753. The number of anilines is 2. The van der Waals surface area contributed by atoms with Crippen molar-refractivity contribution in [2.75, 3.05) is 23.4 Å². The topological polar surface area (TPSA) is 105 Å². The molecule has 2 aromatic rings. The highest BCUT2D eigenvalue weighted by Gasteiger charge is 2.22. The summed E-state index contributed by atoms with van der Waals surface area (Å²) in [5.41, 5.74) is 3.33. The van der Waals surface area contributed by atoms with E-state index in [1.54, 1.807) is 29.2 Å². The summed E-state index contributed by atoms with van der Waals surface area (Å²) < 4.78 is 4.99. The van der Waals surface area contributed by atoms with E-state index in [1.807, 2.05) is 26.0 Å². The molecule has 8 heteroatoms. The van der Waals surface area contributed by atoms with Crippen LogP contribution in [-0.2, 0) is 14.3 Å². The van der Waals surface area contributed by atoms with Crippen molar-refractivity contribution in [3.8, 4) is 0 Å². The Morgan fingerprint density at radius 2 is 1.90 bits per heavy atom. The summed E-state index contributed by atoms with van der Waals surface area (Å²) in [5.74, 6) is -1.46. The van der Waals surface area contributed by atoms with Crippen molar-refractivity contribution in [1.82, 2.24) is 5.32 Å². The number of aryl methyl sites for hydroxylation is 2. The molecule has 0 saturated carbocycles. The van der Waals surface area contributed by atoms with E-state index < -0.39 is 24.5 Å². The number of rotatable bonds is 5. The summed E-state index contributed by atoms with van der Waals surface area (Å²) in [7, 11) is 0. The minimum absolute atomic E-state index is 0.00900. The molecule has 4 amide bonds. The fourth-order valence-electron chi connectivity index (χ4n) is 3.21. The van der Waals surface area contributed by atoms with E-state index in [4.69, 9.17) is 4.74 Å². The highest BCUT2D eigenvalue weighted by Crippen LogP contribution is 2.22. The Labute approximate surface area is 174 Å². The third kappa shape index (κ3) is 5.22. The number of amides is 4. The standard InChI is InChI=1S/C22H23N3O5/c1-14-8-9-18(15(2)11-14)23-22(29)24-19(26)13-30-21(28)16-5-3-6-17(12-16)25-10-4-7-20(25)27/h3,5-6,8-9,11-12H,4,7,10,13H2,1-2H3,(H2,23,24,26,29). The number of carbonyl (C=O) groups excluding carboxylic acids is 4. The van der Waals surface area contributed by atoms with Gasteiger partial charge in [0.15, 0.2) is 6.61 Å². The Bertz CT molecular complexity index is 1000. The zero-order valence-electron chi connectivity index (χ0n) is 16.9. The second-order valence-electron chi connectivity index (χ2n) is 7.10. The van der Waals surface area contributed by atoms with E-state index >= 15 is 0 Å². The largest absolute Gasteiger partial charge is 0.452 e. The number of benzene rings is 2. The van der Waals surface area contributed by atoms with Gasteiger partial charge in [0.2, 0.25) is 5.91 Å². The normalized spacial score (nSPS) is 13.1. The summed E-state index contributed by atoms with van der Waals surface area (Å²) in [5, 5.41) is 4.70. The van der Waals surface area contributed by atoms with E-state index in [1.165, 1.54) is 6.07 Å². The molecule has 1 aliphatic rings. The summed E-state index contributed by atoms with van der Waals surface area (Å²) in [6, 6.07) is 11.3. The van der Waals surface area contributed by atoms with Crippen LogP contribution < -0.4 is 15.5 Å². The van der Waals surface area contributed by atoms with Gasteiger partial charge in [-0.15, -0.1) is 0 Å². The number of hydrogen-bond donors (Lipinski definition) is 2. The van der Waals surface area contributed by atoms with E-state index in [0.29, 0.717) is 24.3 Å². The molecule has 0 radical (unpaired) electrons.